The van der Waals surface area contributed by atoms with Crippen molar-refractivity contribution < 1.29 is 97.2 Å². The van der Waals surface area contributed by atoms with E-state index in [-0.39, 0.29) is 12.3 Å². The van der Waals surface area contributed by atoms with Crippen molar-refractivity contribution in [3.63, 3.8) is 0 Å². The van der Waals surface area contributed by atoms with Crippen molar-refractivity contribution in [3.8, 4) is 11.3 Å². The lowest BCUT2D eigenvalue weighted by Gasteiger charge is -2.44. The lowest BCUT2D eigenvalue weighted by atomic mass is 9.12. The van der Waals surface area contributed by atoms with E-state index in [1.54, 1.807) is 12.4 Å². The quantitative estimate of drug-likeness (QED) is 0.0314. The van der Waals surface area contributed by atoms with Crippen molar-refractivity contribution in [1.82, 2.24) is 4.98 Å². The van der Waals surface area contributed by atoms with Crippen molar-refractivity contribution in [2.45, 2.75) is 11.4 Å². The molecule has 0 N–H and O–H groups in total. The summed E-state index contributed by atoms with van der Waals surface area (Å²) in [6, 6.07) is 17.1. The Hall–Kier alpha value is -6.92. The Morgan fingerprint density at radius 3 is 1.06 bits per heavy atom. The standard InChI is InChI=1S/C24BF20.C18H14N2OS/c26-5-1(6(27)14(35)21(42)13(5)34)25(2-7(28)15(36)22(43)16(37)8(2)29,3-9(30)17(38)23(44)18(39)10(3)31)4-11(32)19(40)24(45)20(41)12(4)33;21-17(14-6-2-1-3-7-14)13-20-11-10-19-16(12-20)15-8-4-5-9-18(15)22/h;1-12H,13H2/q-1;/p+1. The second-order valence-corrected chi connectivity index (χ2v) is 14.2. The van der Waals surface area contributed by atoms with Crippen LogP contribution in [0.3, 0.4) is 0 Å². The summed E-state index contributed by atoms with van der Waals surface area (Å²) in [6.45, 7) is 0.286. The van der Waals surface area contributed by atoms with Gasteiger partial charge in [0.1, 0.15) is 58.4 Å². The van der Waals surface area contributed by atoms with Crippen molar-refractivity contribution in [2.75, 3.05) is 0 Å². The van der Waals surface area contributed by atoms with Gasteiger partial charge in [0, 0.05) is 16.0 Å². The first-order valence-corrected chi connectivity index (χ1v) is 18.3. The number of hydrogen-bond donors (Lipinski definition) is 1. The molecule has 1 aromatic heterocycles. The second kappa shape index (κ2) is 18.8. The number of nitrogens with zero attached hydrogens (tertiary/aromatic N) is 2. The molecule has 3 nitrogen and oxygen atoms in total. The molecule has 6 aromatic carbocycles. The van der Waals surface area contributed by atoms with Crippen LogP contribution in [0.25, 0.3) is 11.3 Å². The summed E-state index contributed by atoms with van der Waals surface area (Å²) in [5.74, 6) is -71.3. The zero-order valence-electron chi connectivity index (χ0n) is 32.0. The molecule has 1 heterocycles. The van der Waals surface area contributed by atoms with Crippen LogP contribution in [-0.2, 0) is 6.54 Å². The number of benzene rings is 6. The highest BCUT2D eigenvalue weighted by Gasteiger charge is 2.52. The minimum Gasteiger partial charge on any atom is -0.287 e. The molecule has 0 fully saturated rings. The van der Waals surface area contributed by atoms with Gasteiger partial charge >= 0.3 is 0 Å². The molecule has 0 saturated heterocycles. The molecular weight excluding hydrogens is 971 g/mol. The first-order valence-electron chi connectivity index (χ1n) is 17.9. The Morgan fingerprint density at radius 1 is 0.433 bits per heavy atom. The van der Waals surface area contributed by atoms with E-state index in [1.165, 1.54) is 0 Å². The van der Waals surface area contributed by atoms with Crippen LogP contribution in [0, 0.1) is 116 Å². The smallest absolute Gasteiger partial charge is 0.227 e. The van der Waals surface area contributed by atoms with Gasteiger partial charge in [-0.3, -0.25) is 4.79 Å². The third-order valence-electron chi connectivity index (χ3n) is 10.1. The van der Waals surface area contributed by atoms with Crippen molar-refractivity contribution in [3.05, 3.63) is 195 Å². The zero-order chi connectivity index (χ0) is 49.7. The van der Waals surface area contributed by atoms with Crippen molar-refractivity contribution >= 4 is 46.4 Å². The van der Waals surface area contributed by atoms with Crippen LogP contribution in [0.5, 0.6) is 0 Å². The maximum atomic E-state index is 15.4. The molecule has 0 atom stereocenters. The van der Waals surface area contributed by atoms with Crippen LogP contribution in [0.4, 0.5) is 87.8 Å². The third-order valence-corrected chi connectivity index (χ3v) is 10.5. The topological polar surface area (TPSA) is 33.8 Å². The number of hydrogen-bond acceptors (Lipinski definition) is 3. The number of carbonyl (C=O) groups is 1. The fraction of sp³-hybridized carbons (Fsp3) is 0.0238. The number of rotatable bonds is 8. The van der Waals surface area contributed by atoms with Gasteiger partial charge in [-0.2, -0.15) is 4.57 Å². The first-order chi connectivity index (χ1) is 31.4. The molecule has 0 spiro atoms. The molecule has 0 aliphatic carbocycles. The Kier molecular flexibility index (Phi) is 13.9. The van der Waals surface area contributed by atoms with Crippen LogP contribution >= 0.6 is 12.6 Å². The minimum atomic E-state index is -7.22. The van der Waals surface area contributed by atoms with Gasteiger partial charge < -0.3 is 0 Å². The SMILES string of the molecule is Fc1c(F)c(F)c([B-](c2c(F)c(F)c(F)c(F)c2F)(c2c(F)c(F)c(F)c(F)c2F)c2c(F)c(F)c(F)c(F)c2F)c(F)c1F.O=C(C[n+]1ccnc(-c2ccccc2S)c1)c1ccccc1. The van der Waals surface area contributed by atoms with E-state index in [0.717, 1.165) is 16.2 Å². The van der Waals surface area contributed by atoms with Crippen molar-refractivity contribution in [1.29, 1.82) is 0 Å². The van der Waals surface area contributed by atoms with E-state index in [4.69, 9.17) is 0 Å². The molecule has 0 unspecified atom stereocenters. The van der Waals surface area contributed by atoms with Gasteiger partial charge in [0.05, 0.1) is 6.20 Å². The Labute approximate surface area is 365 Å². The molecule has 7 rings (SSSR count). The summed E-state index contributed by atoms with van der Waals surface area (Å²) in [5, 5.41) is 0. The maximum Gasteiger partial charge on any atom is 0.227 e. The number of aromatic nitrogens is 2. The van der Waals surface area contributed by atoms with Gasteiger partial charge in [-0.1, -0.05) is 48.5 Å². The normalized spacial score (nSPS) is 11.5. The van der Waals surface area contributed by atoms with Crippen LogP contribution in [0.15, 0.2) is 78.1 Å². The Morgan fingerprint density at radius 2 is 0.731 bits per heavy atom. The Balaban J connectivity index is 0.000000279. The highest BCUT2D eigenvalue weighted by Crippen LogP contribution is 2.31. The zero-order valence-corrected chi connectivity index (χ0v) is 32.9. The summed E-state index contributed by atoms with van der Waals surface area (Å²) in [7, 11) is 0. The average molecular weight is 986 g/mol. The van der Waals surface area contributed by atoms with Gasteiger partial charge in [0.15, 0.2) is 82.2 Å². The van der Waals surface area contributed by atoms with E-state index >= 15 is 35.1 Å². The summed E-state index contributed by atoms with van der Waals surface area (Å²) in [4.78, 5) is 17.5. The van der Waals surface area contributed by atoms with E-state index in [0.29, 0.717) is 5.56 Å². The predicted octanol–water partition coefficient (Wildman–Crippen LogP) is 9.05. The van der Waals surface area contributed by atoms with Gasteiger partial charge in [0.25, 0.3) is 0 Å². The largest absolute Gasteiger partial charge is 0.287 e. The number of halogens is 20. The molecule has 0 radical (unpaired) electrons. The summed E-state index contributed by atoms with van der Waals surface area (Å²) in [6.07, 6.45) is -1.85. The third kappa shape index (κ3) is 8.11. The molecule has 67 heavy (non-hydrogen) atoms. The summed E-state index contributed by atoms with van der Waals surface area (Å²) < 4.78 is 296. The van der Waals surface area contributed by atoms with Crippen LogP contribution in [0.2, 0.25) is 0 Å². The van der Waals surface area contributed by atoms with Gasteiger partial charge in [0.2, 0.25) is 12.3 Å². The molecule has 7 aromatic rings. The maximum absolute atomic E-state index is 15.4. The average Bonchev–Trinajstić information content (AvgIpc) is 3.32. The van der Waals surface area contributed by atoms with E-state index in [2.05, 4.69) is 17.6 Å². The molecule has 25 heteroatoms. The minimum absolute atomic E-state index is 0.0712. The predicted molar refractivity (Wildman–Crippen MR) is 197 cm³/mol. The highest BCUT2D eigenvalue weighted by molar-refractivity contribution is 7.80. The van der Waals surface area contributed by atoms with E-state index in [1.807, 2.05) is 65.4 Å². The van der Waals surface area contributed by atoms with E-state index < -0.39 is 144 Å². The lowest BCUT2D eigenvalue weighted by molar-refractivity contribution is -0.683. The van der Waals surface area contributed by atoms with Crippen LogP contribution in [0.1, 0.15) is 10.4 Å². The molecular formula is C42H15BF20N2OS. The number of Topliss-reactive ketones (excluding diaryl/α,β-unsaturated/α-hetero) is 1. The van der Waals surface area contributed by atoms with Gasteiger partial charge in [-0.15, -0.1) is 34.5 Å². The Bertz CT molecular complexity index is 2780. The molecule has 0 bridgehead atoms. The van der Waals surface area contributed by atoms with E-state index in [9.17, 15) is 57.5 Å². The molecule has 0 aliphatic rings. The van der Waals surface area contributed by atoms with Crippen LogP contribution < -0.4 is 26.4 Å². The highest BCUT2D eigenvalue weighted by atomic mass is 32.1. The molecule has 0 aliphatic heterocycles. The van der Waals surface area contributed by atoms with Gasteiger partial charge in [-0.05, 0) is 6.07 Å². The second-order valence-electron chi connectivity index (χ2n) is 13.7. The van der Waals surface area contributed by atoms with Gasteiger partial charge in [-0.25, -0.2) is 92.8 Å². The fourth-order valence-corrected chi connectivity index (χ4v) is 7.39. The summed E-state index contributed by atoms with van der Waals surface area (Å²) in [5.41, 5.74) is -11.9. The molecule has 0 amide bonds. The first kappa shape index (κ1) is 49.5. The number of ketones is 1. The van der Waals surface area contributed by atoms with Crippen LogP contribution in [-0.4, -0.2) is 16.9 Å². The fourth-order valence-electron chi connectivity index (χ4n) is 7.12. The molecule has 348 valence electrons. The van der Waals surface area contributed by atoms with Crippen molar-refractivity contribution in [2.24, 2.45) is 0 Å². The summed E-state index contributed by atoms with van der Waals surface area (Å²) >= 11 is 4.45. The molecule has 0 saturated carbocycles. The monoisotopic (exact) mass is 986 g/mol. The number of thiol groups is 1. The lowest BCUT2D eigenvalue weighted by Crippen LogP contribution is -2.81. The number of carbonyl (C=O) groups excluding carboxylic acids is 1.